The Morgan fingerprint density at radius 1 is 1.28 bits per heavy atom. The molecule has 0 saturated carbocycles. The molecule has 0 aromatic carbocycles. The minimum atomic E-state index is -0.0548. The molecule has 0 bridgehead atoms. The Bertz CT molecular complexity index is 631. The normalized spacial score (nSPS) is 15.5. The SMILES string of the molecule is CCNC(=NCCCN1CCC(C)CC1)NCCC(=O)Nc1cccc(C)n1.I. The number of anilines is 1. The first kappa shape index (κ1) is 25.6. The van der Waals surface area contributed by atoms with Gasteiger partial charge in [-0.1, -0.05) is 13.0 Å². The Morgan fingerprint density at radius 3 is 2.72 bits per heavy atom. The van der Waals surface area contributed by atoms with E-state index in [1.807, 2.05) is 26.0 Å². The minimum absolute atomic E-state index is 0. The number of carbonyl (C=O) groups is 1. The highest BCUT2D eigenvalue weighted by atomic mass is 127. The molecule has 7 nitrogen and oxygen atoms in total. The molecule has 8 heteroatoms. The van der Waals surface area contributed by atoms with Gasteiger partial charge in [-0.05, 0) is 70.8 Å². The molecule has 1 saturated heterocycles. The van der Waals surface area contributed by atoms with Crippen LogP contribution in [0.25, 0.3) is 0 Å². The van der Waals surface area contributed by atoms with Crippen molar-refractivity contribution in [1.29, 1.82) is 0 Å². The Kier molecular flexibility index (Phi) is 12.8. The average Bonchev–Trinajstić information content (AvgIpc) is 2.66. The highest BCUT2D eigenvalue weighted by Crippen LogP contribution is 2.15. The van der Waals surface area contributed by atoms with Crippen LogP contribution < -0.4 is 16.0 Å². The fourth-order valence-corrected chi connectivity index (χ4v) is 3.23. The van der Waals surface area contributed by atoms with E-state index in [1.54, 1.807) is 6.07 Å². The van der Waals surface area contributed by atoms with Crippen molar-refractivity contribution in [2.45, 2.75) is 46.5 Å². The second-order valence-electron chi connectivity index (χ2n) is 7.53. The molecule has 0 spiro atoms. The van der Waals surface area contributed by atoms with E-state index in [-0.39, 0.29) is 29.9 Å². The van der Waals surface area contributed by atoms with Crippen molar-refractivity contribution in [3.8, 4) is 0 Å². The summed E-state index contributed by atoms with van der Waals surface area (Å²) in [5.74, 6) is 2.19. The van der Waals surface area contributed by atoms with Crippen LogP contribution in [0.1, 0.15) is 45.2 Å². The number of pyridine rings is 1. The van der Waals surface area contributed by atoms with Crippen molar-refractivity contribution in [3.63, 3.8) is 0 Å². The quantitative estimate of drug-likeness (QED) is 0.204. The van der Waals surface area contributed by atoms with Crippen LogP contribution in [0.2, 0.25) is 0 Å². The van der Waals surface area contributed by atoms with Crippen LogP contribution in [0.4, 0.5) is 5.82 Å². The molecule has 2 heterocycles. The third-order valence-corrected chi connectivity index (χ3v) is 4.92. The van der Waals surface area contributed by atoms with Gasteiger partial charge < -0.3 is 20.9 Å². The molecule has 29 heavy (non-hydrogen) atoms. The molecule has 0 atom stereocenters. The van der Waals surface area contributed by atoms with E-state index in [9.17, 15) is 4.79 Å². The smallest absolute Gasteiger partial charge is 0.227 e. The van der Waals surface area contributed by atoms with Gasteiger partial charge in [0.15, 0.2) is 5.96 Å². The van der Waals surface area contributed by atoms with Crippen molar-refractivity contribution in [1.82, 2.24) is 20.5 Å². The highest BCUT2D eigenvalue weighted by Gasteiger charge is 2.14. The summed E-state index contributed by atoms with van der Waals surface area (Å²) in [6.45, 7) is 12.0. The number of hydrogen-bond acceptors (Lipinski definition) is 4. The lowest BCUT2D eigenvalue weighted by Crippen LogP contribution is -2.39. The monoisotopic (exact) mass is 516 g/mol. The van der Waals surface area contributed by atoms with Gasteiger partial charge in [0, 0.05) is 31.7 Å². The van der Waals surface area contributed by atoms with Crippen molar-refractivity contribution in [3.05, 3.63) is 23.9 Å². The van der Waals surface area contributed by atoms with E-state index in [1.165, 1.54) is 25.9 Å². The molecule has 3 N–H and O–H groups in total. The standard InChI is InChI=1S/C21H36N6O.HI/c1-4-22-21(23-12-6-14-27-15-10-17(2)11-16-27)24-13-9-20(28)26-19-8-5-7-18(3)25-19;/h5,7-8,17H,4,6,9-16H2,1-3H3,(H2,22,23,24)(H,25,26,28);1H. The fraction of sp³-hybridized carbons (Fsp3) is 0.667. The summed E-state index contributed by atoms with van der Waals surface area (Å²) in [5, 5.41) is 9.30. The number of halogens is 1. The zero-order valence-electron chi connectivity index (χ0n) is 18.0. The number of aliphatic imine (C=N–C) groups is 1. The lowest BCUT2D eigenvalue weighted by molar-refractivity contribution is -0.116. The van der Waals surface area contributed by atoms with Crippen LogP contribution in [0.15, 0.2) is 23.2 Å². The minimum Gasteiger partial charge on any atom is -0.357 e. The van der Waals surface area contributed by atoms with E-state index in [4.69, 9.17) is 0 Å². The van der Waals surface area contributed by atoms with Gasteiger partial charge in [0.1, 0.15) is 5.82 Å². The second-order valence-corrected chi connectivity index (χ2v) is 7.53. The van der Waals surface area contributed by atoms with E-state index in [0.29, 0.717) is 18.8 Å². The summed E-state index contributed by atoms with van der Waals surface area (Å²) in [5.41, 5.74) is 0.886. The molecule has 1 aromatic heterocycles. The number of guanidine groups is 1. The zero-order chi connectivity index (χ0) is 20.2. The van der Waals surface area contributed by atoms with Crippen molar-refractivity contribution in [2.75, 3.05) is 44.6 Å². The van der Waals surface area contributed by atoms with Gasteiger partial charge in [0.2, 0.25) is 5.91 Å². The molecule has 164 valence electrons. The zero-order valence-corrected chi connectivity index (χ0v) is 20.4. The molecule has 2 rings (SSSR count). The predicted octanol–water partition coefficient (Wildman–Crippen LogP) is 3.01. The van der Waals surface area contributed by atoms with Crippen LogP contribution in [0, 0.1) is 12.8 Å². The molecule has 1 amide bonds. The van der Waals surface area contributed by atoms with Crippen molar-refractivity contribution in [2.24, 2.45) is 10.9 Å². The molecule has 0 unspecified atom stereocenters. The van der Waals surface area contributed by atoms with Crippen molar-refractivity contribution >= 4 is 41.7 Å². The van der Waals surface area contributed by atoms with E-state index < -0.39 is 0 Å². The number of nitrogens with zero attached hydrogens (tertiary/aromatic N) is 3. The van der Waals surface area contributed by atoms with Gasteiger partial charge in [-0.3, -0.25) is 9.79 Å². The van der Waals surface area contributed by atoms with E-state index >= 15 is 0 Å². The second kappa shape index (κ2) is 14.5. The number of nitrogens with one attached hydrogen (secondary N) is 3. The first-order valence-corrected chi connectivity index (χ1v) is 10.5. The molecule has 1 aliphatic rings. The van der Waals surface area contributed by atoms with Crippen LogP contribution >= 0.6 is 24.0 Å². The molecule has 0 radical (unpaired) electrons. The Hall–Kier alpha value is -1.42. The fourth-order valence-electron chi connectivity index (χ4n) is 3.23. The van der Waals surface area contributed by atoms with Crippen LogP contribution in [-0.2, 0) is 4.79 Å². The number of hydrogen-bond donors (Lipinski definition) is 3. The summed E-state index contributed by atoms with van der Waals surface area (Å²) in [7, 11) is 0. The number of amides is 1. The third-order valence-electron chi connectivity index (χ3n) is 4.92. The van der Waals surface area contributed by atoms with Crippen LogP contribution in [0.5, 0.6) is 0 Å². The average molecular weight is 516 g/mol. The number of piperidine rings is 1. The maximum atomic E-state index is 12.1. The highest BCUT2D eigenvalue weighted by molar-refractivity contribution is 14.0. The lowest BCUT2D eigenvalue weighted by atomic mass is 9.99. The van der Waals surface area contributed by atoms with Crippen LogP contribution in [-0.4, -0.2) is 61.0 Å². The maximum absolute atomic E-state index is 12.1. The van der Waals surface area contributed by atoms with Gasteiger partial charge in [0.25, 0.3) is 0 Å². The number of aromatic nitrogens is 1. The summed E-state index contributed by atoms with van der Waals surface area (Å²) < 4.78 is 0. The molecule has 0 aliphatic carbocycles. The van der Waals surface area contributed by atoms with Gasteiger partial charge in [-0.15, -0.1) is 24.0 Å². The Labute approximate surface area is 192 Å². The van der Waals surface area contributed by atoms with E-state index in [2.05, 4.69) is 37.8 Å². The van der Waals surface area contributed by atoms with Crippen LogP contribution in [0.3, 0.4) is 0 Å². The van der Waals surface area contributed by atoms with Gasteiger partial charge in [0.05, 0.1) is 0 Å². The maximum Gasteiger partial charge on any atom is 0.227 e. The molecule has 1 aliphatic heterocycles. The summed E-state index contributed by atoms with van der Waals surface area (Å²) in [6.07, 6.45) is 4.05. The lowest BCUT2D eigenvalue weighted by Gasteiger charge is -2.29. The first-order chi connectivity index (χ1) is 13.6. The predicted molar refractivity (Wildman–Crippen MR) is 131 cm³/mol. The van der Waals surface area contributed by atoms with Gasteiger partial charge >= 0.3 is 0 Å². The third kappa shape index (κ3) is 10.8. The first-order valence-electron chi connectivity index (χ1n) is 10.5. The number of carbonyl (C=O) groups excluding carboxylic acids is 1. The topological polar surface area (TPSA) is 81.7 Å². The molecule has 1 fully saturated rings. The molecular formula is C21H37IN6O. The molecular weight excluding hydrogens is 479 g/mol. The van der Waals surface area contributed by atoms with Gasteiger partial charge in [-0.25, -0.2) is 4.98 Å². The van der Waals surface area contributed by atoms with Gasteiger partial charge in [-0.2, -0.15) is 0 Å². The summed E-state index contributed by atoms with van der Waals surface area (Å²) in [6, 6.07) is 5.59. The largest absolute Gasteiger partial charge is 0.357 e. The number of rotatable bonds is 9. The summed E-state index contributed by atoms with van der Waals surface area (Å²) in [4.78, 5) is 23.5. The number of aryl methyl sites for hydroxylation is 1. The number of likely N-dealkylation sites (tertiary alicyclic amines) is 1. The Balaban J connectivity index is 0.00000420. The molecule has 1 aromatic rings. The van der Waals surface area contributed by atoms with Crippen molar-refractivity contribution < 1.29 is 4.79 Å². The summed E-state index contributed by atoms with van der Waals surface area (Å²) >= 11 is 0. The Morgan fingerprint density at radius 2 is 2.03 bits per heavy atom. The van der Waals surface area contributed by atoms with E-state index in [0.717, 1.165) is 43.6 Å².